The molecule has 9 heavy (non-hydrogen) atoms. The summed E-state index contributed by atoms with van der Waals surface area (Å²) in [7, 11) is 0. The van der Waals surface area contributed by atoms with E-state index in [9.17, 15) is 0 Å². The summed E-state index contributed by atoms with van der Waals surface area (Å²) >= 11 is 0. The quantitative estimate of drug-likeness (QED) is 0.482. The predicted molar refractivity (Wildman–Crippen MR) is 37.1 cm³/mol. The fourth-order valence-corrected chi connectivity index (χ4v) is 1.98. The maximum atomic E-state index is 6.05. The molecule has 0 aromatic rings. The van der Waals surface area contributed by atoms with Gasteiger partial charge in [0.25, 0.3) is 0 Å². The molecule has 2 heteroatoms. The topological polar surface area (TPSA) is 38.0 Å². The smallest absolute Gasteiger partial charge is 0.0310 e. The summed E-state index contributed by atoms with van der Waals surface area (Å²) < 4.78 is 0. The minimum Gasteiger partial charge on any atom is -0.324 e. The minimum atomic E-state index is 0.207. The Morgan fingerprint density at radius 1 is 1.44 bits per heavy atom. The largest absolute Gasteiger partial charge is 0.324 e. The van der Waals surface area contributed by atoms with Gasteiger partial charge in [-0.2, -0.15) is 0 Å². The highest BCUT2D eigenvalue weighted by Gasteiger charge is 2.44. The monoisotopic (exact) mass is 126 g/mol. The van der Waals surface area contributed by atoms with E-state index in [0.717, 1.165) is 12.5 Å². The van der Waals surface area contributed by atoms with Crippen molar-refractivity contribution in [1.29, 1.82) is 0 Å². The fraction of sp³-hybridized carbons (Fsp3) is 1.00. The van der Waals surface area contributed by atoms with Crippen LogP contribution in [0.1, 0.15) is 19.3 Å². The van der Waals surface area contributed by atoms with Crippen molar-refractivity contribution in [2.75, 3.05) is 13.1 Å². The highest BCUT2D eigenvalue weighted by atomic mass is 15.0. The van der Waals surface area contributed by atoms with Crippen molar-refractivity contribution in [2.45, 2.75) is 24.8 Å². The summed E-state index contributed by atoms with van der Waals surface area (Å²) in [6.07, 6.45) is 3.92. The molecule has 1 aliphatic carbocycles. The van der Waals surface area contributed by atoms with Crippen LogP contribution in [-0.2, 0) is 0 Å². The van der Waals surface area contributed by atoms with Gasteiger partial charge in [0, 0.05) is 12.1 Å². The zero-order chi connectivity index (χ0) is 6.32. The Balaban J connectivity index is 2.05. The number of fused-ring (bicyclic) bond motifs is 1. The van der Waals surface area contributed by atoms with Gasteiger partial charge >= 0.3 is 0 Å². The minimum absolute atomic E-state index is 0.207. The molecule has 2 nitrogen and oxygen atoms in total. The molecule has 1 saturated carbocycles. The molecule has 1 saturated heterocycles. The lowest BCUT2D eigenvalue weighted by Crippen LogP contribution is -2.64. The van der Waals surface area contributed by atoms with E-state index in [1.165, 1.54) is 25.8 Å². The van der Waals surface area contributed by atoms with E-state index in [1.54, 1.807) is 0 Å². The first-order valence-corrected chi connectivity index (χ1v) is 3.81. The van der Waals surface area contributed by atoms with E-state index in [4.69, 9.17) is 5.73 Å². The highest BCUT2D eigenvalue weighted by molar-refractivity contribution is 5.04. The fourth-order valence-electron chi connectivity index (χ4n) is 1.98. The van der Waals surface area contributed by atoms with Crippen molar-refractivity contribution in [2.24, 2.45) is 11.7 Å². The standard InChI is InChI=1S/C7H14N2/c8-7-3-1-6(7)2-4-9-5-7/h6,9H,1-5,8H2. The molecule has 0 radical (unpaired) electrons. The van der Waals surface area contributed by atoms with Gasteiger partial charge in [-0.3, -0.25) is 0 Å². The van der Waals surface area contributed by atoms with E-state index >= 15 is 0 Å². The molecule has 0 amide bonds. The molecule has 2 fully saturated rings. The van der Waals surface area contributed by atoms with Crippen LogP contribution >= 0.6 is 0 Å². The van der Waals surface area contributed by atoms with Crippen molar-refractivity contribution in [3.05, 3.63) is 0 Å². The van der Waals surface area contributed by atoms with E-state index in [-0.39, 0.29) is 5.54 Å². The Morgan fingerprint density at radius 2 is 2.33 bits per heavy atom. The third-order valence-corrected chi connectivity index (χ3v) is 2.90. The Labute approximate surface area is 55.8 Å². The maximum absolute atomic E-state index is 6.05. The number of rotatable bonds is 0. The molecule has 2 aliphatic rings. The maximum Gasteiger partial charge on any atom is 0.0310 e. The number of hydrogen-bond donors (Lipinski definition) is 2. The van der Waals surface area contributed by atoms with Crippen molar-refractivity contribution in [1.82, 2.24) is 5.32 Å². The molecule has 0 aromatic heterocycles. The molecule has 3 N–H and O–H groups in total. The molecular formula is C7H14N2. The first-order valence-electron chi connectivity index (χ1n) is 3.81. The zero-order valence-corrected chi connectivity index (χ0v) is 5.69. The number of piperidine rings is 1. The van der Waals surface area contributed by atoms with Gasteiger partial charge in [-0.25, -0.2) is 0 Å². The molecule has 2 unspecified atom stereocenters. The van der Waals surface area contributed by atoms with Gasteiger partial charge in [0.2, 0.25) is 0 Å². The average molecular weight is 126 g/mol. The van der Waals surface area contributed by atoms with Crippen molar-refractivity contribution in [3.63, 3.8) is 0 Å². The summed E-state index contributed by atoms with van der Waals surface area (Å²) in [5.41, 5.74) is 6.25. The lowest BCUT2D eigenvalue weighted by Gasteiger charge is -2.50. The summed E-state index contributed by atoms with van der Waals surface area (Å²) in [4.78, 5) is 0. The SMILES string of the molecule is NC12CCC1CCNC2. The van der Waals surface area contributed by atoms with E-state index < -0.39 is 0 Å². The summed E-state index contributed by atoms with van der Waals surface area (Å²) in [6.45, 7) is 2.24. The second kappa shape index (κ2) is 1.70. The van der Waals surface area contributed by atoms with Crippen molar-refractivity contribution in [3.8, 4) is 0 Å². The molecule has 0 bridgehead atoms. The van der Waals surface area contributed by atoms with Crippen molar-refractivity contribution < 1.29 is 0 Å². The Kier molecular flexibility index (Phi) is 1.08. The van der Waals surface area contributed by atoms with Gasteiger partial charge in [0.1, 0.15) is 0 Å². The van der Waals surface area contributed by atoms with Gasteiger partial charge < -0.3 is 11.1 Å². The summed E-state index contributed by atoms with van der Waals surface area (Å²) in [5, 5.41) is 3.33. The molecule has 52 valence electrons. The number of nitrogens with one attached hydrogen (secondary N) is 1. The predicted octanol–water partition coefficient (Wildman–Crippen LogP) is 0.0872. The molecule has 0 aromatic carbocycles. The summed E-state index contributed by atoms with van der Waals surface area (Å²) in [5.74, 6) is 0.846. The first kappa shape index (κ1) is 5.69. The van der Waals surface area contributed by atoms with E-state index in [0.29, 0.717) is 0 Å². The molecule has 0 spiro atoms. The summed E-state index contributed by atoms with van der Waals surface area (Å²) in [6, 6.07) is 0. The second-order valence-electron chi connectivity index (χ2n) is 3.43. The van der Waals surface area contributed by atoms with Crippen LogP contribution in [0.5, 0.6) is 0 Å². The van der Waals surface area contributed by atoms with Crippen LogP contribution in [-0.4, -0.2) is 18.6 Å². The Bertz CT molecular complexity index is 124. The third-order valence-electron chi connectivity index (χ3n) is 2.90. The van der Waals surface area contributed by atoms with E-state index in [1.807, 2.05) is 0 Å². The van der Waals surface area contributed by atoms with Crippen LogP contribution in [0.3, 0.4) is 0 Å². The first-order chi connectivity index (χ1) is 4.31. The highest BCUT2D eigenvalue weighted by Crippen LogP contribution is 2.39. The number of nitrogens with two attached hydrogens (primary N) is 1. The van der Waals surface area contributed by atoms with Gasteiger partial charge in [-0.15, -0.1) is 0 Å². The molecule has 1 heterocycles. The molecule has 1 aliphatic heterocycles. The third kappa shape index (κ3) is 0.700. The van der Waals surface area contributed by atoms with Crippen LogP contribution in [0.4, 0.5) is 0 Å². The molecule has 2 atom stereocenters. The normalized spacial score (nSPS) is 49.7. The van der Waals surface area contributed by atoms with Crippen LogP contribution in [0.15, 0.2) is 0 Å². The van der Waals surface area contributed by atoms with Gasteiger partial charge in [-0.1, -0.05) is 0 Å². The van der Waals surface area contributed by atoms with Crippen LogP contribution in [0.2, 0.25) is 0 Å². The second-order valence-corrected chi connectivity index (χ2v) is 3.43. The average Bonchev–Trinajstić information content (AvgIpc) is 1.82. The molecule has 2 rings (SSSR count). The van der Waals surface area contributed by atoms with Crippen LogP contribution < -0.4 is 11.1 Å². The van der Waals surface area contributed by atoms with Gasteiger partial charge in [-0.05, 0) is 31.7 Å². The molecular weight excluding hydrogens is 112 g/mol. The lowest BCUT2D eigenvalue weighted by atomic mass is 9.64. The van der Waals surface area contributed by atoms with Crippen LogP contribution in [0.25, 0.3) is 0 Å². The van der Waals surface area contributed by atoms with Gasteiger partial charge in [0.15, 0.2) is 0 Å². The Morgan fingerprint density at radius 3 is 2.67 bits per heavy atom. The van der Waals surface area contributed by atoms with Crippen LogP contribution in [0, 0.1) is 5.92 Å². The Hall–Kier alpha value is -0.0800. The zero-order valence-electron chi connectivity index (χ0n) is 5.69. The lowest BCUT2D eigenvalue weighted by molar-refractivity contribution is 0.0891. The van der Waals surface area contributed by atoms with E-state index in [2.05, 4.69) is 5.32 Å². The van der Waals surface area contributed by atoms with Crippen molar-refractivity contribution >= 4 is 0 Å². The number of hydrogen-bond acceptors (Lipinski definition) is 2. The van der Waals surface area contributed by atoms with Gasteiger partial charge in [0.05, 0.1) is 0 Å².